The Balaban J connectivity index is 1.74. The first-order valence-electron chi connectivity index (χ1n) is 13.0. The minimum Gasteiger partial charge on any atom is -0.493 e. The quantitative estimate of drug-likeness (QED) is 0.131. The molecule has 0 N–H and O–H groups in total. The highest BCUT2D eigenvalue weighted by Crippen LogP contribution is 2.27. The van der Waals surface area contributed by atoms with Gasteiger partial charge in [0.1, 0.15) is 11.3 Å². The summed E-state index contributed by atoms with van der Waals surface area (Å²) in [5.41, 5.74) is 5.41. The topological polar surface area (TPSA) is 59.8 Å². The Morgan fingerprint density at radius 1 is 1.05 bits per heavy atom. The minimum atomic E-state index is -0.482. The maximum Gasteiger partial charge on any atom is 0.339 e. The van der Waals surface area contributed by atoms with E-state index in [0.29, 0.717) is 29.1 Å². The normalized spacial score (nSPS) is 11.7. The molecule has 0 radical (unpaired) electrons. The van der Waals surface area contributed by atoms with Gasteiger partial charge in [-0.25, -0.2) is 4.79 Å². The first-order chi connectivity index (χ1) is 17.4. The lowest BCUT2D eigenvalue weighted by molar-refractivity contribution is 0.0992. The molecule has 3 rings (SSSR count). The van der Waals surface area contributed by atoms with Crippen molar-refractivity contribution >= 4 is 16.8 Å². The predicted octanol–water partition coefficient (Wildman–Crippen LogP) is 6.84. The SMILES string of the molecule is CC(C)=CCc1cc(C(=O)Cc2cc3ccc(OCCCN(C)C(C)(C)C)c(C)c3oc2=O)ccc1C. The molecule has 198 valence electrons. The molecule has 5 heteroatoms. The number of rotatable bonds is 10. The van der Waals surface area contributed by atoms with Gasteiger partial charge in [-0.05, 0) is 104 Å². The van der Waals surface area contributed by atoms with Crippen LogP contribution in [0.2, 0.25) is 0 Å². The van der Waals surface area contributed by atoms with E-state index in [1.807, 2.05) is 44.2 Å². The fourth-order valence-electron chi connectivity index (χ4n) is 4.10. The van der Waals surface area contributed by atoms with Crippen molar-refractivity contribution < 1.29 is 13.9 Å². The minimum absolute atomic E-state index is 0.00200. The van der Waals surface area contributed by atoms with E-state index < -0.39 is 5.63 Å². The van der Waals surface area contributed by atoms with Crippen molar-refractivity contribution in [2.24, 2.45) is 0 Å². The molecule has 0 amide bonds. The molecule has 0 saturated carbocycles. The number of carbonyl (C=O) groups is 1. The molecule has 0 aliphatic heterocycles. The van der Waals surface area contributed by atoms with Crippen LogP contribution < -0.4 is 10.4 Å². The molecule has 0 bridgehead atoms. The van der Waals surface area contributed by atoms with Crippen LogP contribution in [0.3, 0.4) is 0 Å². The molecule has 0 aliphatic carbocycles. The fourth-order valence-corrected chi connectivity index (χ4v) is 4.10. The van der Waals surface area contributed by atoms with Crippen LogP contribution in [0.15, 0.2) is 57.3 Å². The summed E-state index contributed by atoms with van der Waals surface area (Å²) in [4.78, 5) is 28.2. The van der Waals surface area contributed by atoms with Crippen LogP contribution in [-0.4, -0.2) is 36.4 Å². The summed E-state index contributed by atoms with van der Waals surface area (Å²) in [6.07, 6.45) is 3.83. The number of Topliss-reactive ketones (excluding diaryl/α,β-unsaturated/α-hetero) is 1. The first-order valence-corrected chi connectivity index (χ1v) is 13.0. The van der Waals surface area contributed by atoms with E-state index in [4.69, 9.17) is 9.15 Å². The molecule has 0 spiro atoms. The predicted molar refractivity (Wildman–Crippen MR) is 152 cm³/mol. The Labute approximate surface area is 221 Å². The van der Waals surface area contributed by atoms with Gasteiger partial charge in [0, 0.05) is 40.6 Å². The van der Waals surface area contributed by atoms with Gasteiger partial charge >= 0.3 is 5.63 Å². The Kier molecular flexibility index (Phi) is 9.14. The van der Waals surface area contributed by atoms with Gasteiger partial charge in [-0.15, -0.1) is 0 Å². The number of hydrogen-bond donors (Lipinski definition) is 0. The number of benzene rings is 2. The zero-order chi connectivity index (χ0) is 27.3. The van der Waals surface area contributed by atoms with Gasteiger partial charge < -0.3 is 14.1 Å². The van der Waals surface area contributed by atoms with Crippen molar-refractivity contribution in [3.63, 3.8) is 0 Å². The van der Waals surface area contributed by atoms with E-state index in [9.17, 15) is 9.59 Å². The Morgan fingerprint density at radius 2 is 1.78 bits per heavy atom. The van der Waals surface area contributed by atoms with Crippen LogP contribution in [0, 0.1) is 13.8 Å². The van der Waals surface area contributed by atoms with Crippen LogP contribution in [0.4, 0.5) is 0 Å². The number of hydrogen-bond acceptors (Lipinski definition) is 5. The van der Waals surface area contributed by atoms with E-state index in [1.54, 1.807) is 6.07 Å². The largest absolute Gasteiger partial charge is 0.493 e. The van der Waals surface area contributed by atoms with E-state index in [2.05, 4.69) is 52.6 Å². The molecule has 2 aromatic carbocycles. The maximum atomic E-state index is 13.1. The highest BCUT2D eigenvalue weighted by atomic mass is 16.5. The van der Waals surface area contributed by atoms with Gasteiger partial charge in [-0.2, -0.15) is 0 Å². The van der Waals surface area contributed by atoms with E-state index in [1.165, 1.54) is 5.57 Å². The average Bonchev–Trinajstić information content (AvgIpc) is 2.82. The number of nitrogens with zero attached hydrogens (tertiary/aromatic N) is 1. The fraction of sp³-hybridized carbons (Fsp3) is 0.438. The molecular formula is C32H41NO4. The van der Waals surface area contributed by atoms with Crippen molar-refractivity contribution in [3.8, 4) is 5.75 Å². The Hall–Kier alpha value is -3.18. The number of ketones is 1. The lowest BCUT2D eigenvalue weighted by Crippen LogP contribution is -2.39. The first kappa shape index (κ1) is 28.4. The van der Waals surface area contributed by atoms with E-state index in [-0.39, 0.29) is 17.7 Å². The zero-order valence-electron chi connectivity index (χ0n) is 23.7. The van der Waals surface area contributed by atoms with Gasteiger partial charge in [0.05, 0.1) is 6.61 Å². The summed E-state index contributed by atoms with van der Waals surface area (Å²) in [6.45, 7) is 16.1. The smallest absolute Gasteiger partial charge is 0.339 e. The summed E-state index contributed by atoms with van der Waals surface area (Å²) in [7, 11) is 2.11. The lowest BCUT2D eigenvalue weighted by Gasteiger charge is -2.31. The van der Waals surface area contributed by atoms with Crippen molar-refractivity contribution in [3.05, 3.63) is 86.3 Å². The monoisotopic (exact) mass is 503 g/mol. The highest BCUT2D eigenvalue weighted by Gasteiger charge is 2.17. The summed E-state index contributed by atoms with van der Waals surface area (Å²) in [5, 5.41) is 0.785. The molecule has 0 aliphatic rings. The van der Waals surface area contributed by atoms with Gasteiger partial charge in [-0.3, -0.25) is 4.79 Å². The van der Waals surface area contributed by atoms with Crippen LogP contribution >= 0.6 is 0 Å². The molecule has 5 nitrogen and oxygen atoms in total. The standard InChI is InChI=1S/C32H41NO4/c1-21(2)10-12-24-18-25(13-11-22(24)3)28(34)20-27-19-26-14-15-29(23(4)30(26)37-31(27)35)36-17-9-16-33(8)32(5,6)7/h10-11,13-15,18-19H,9,12,16-17,20H2,1-8H3. The number of carbonyl (C=O) groups excluding carboxylic acids is 1. The van der Waals surface area contributed by atoms with Crippen molar-refractivity contribution in [1.82, 2.24) is 4.90 Å². The van der Waals surface area contributed by atoms with Crippen molar-refractivity contribution in [1.29, 1.82) is 0 Å². The van der Waals surface area contributed by atoms with Gasteiger partial charge in [0.15, 0.2) is 5.78 Å². The second kappa shape index (κ2) is 11.9. The molecule has 0 atom stereocenters. The molecule has 37 heavy (non-hydrogen) atoms. The highest BCUT2D eigenvalue weighted by molar-refractivity contribution is 5.98. The third kappa shape index (κ3) is 7.42. The summed E-state index contributed by atoms with van der Waals surface area (Å²) >= 11 is 0. The van der Waals surface area contributed by atoms with Gasteiger partial charge in [0.25, 0.3) is 0 Å². The molecule has 0 fully saturated rings. The molecule has 1 aromatic heterocycles. The van der Waals surface area contributed by atoms with Crippen LogP contribution in [0.1, 0.15) is 73.7 Å². The zero-order valence-corrected chi connectivity index (χ0v) is 23.7. The Bertz CT molecular complexity index is 1350. The summed E-state index contributed by atoms with van der Waals surface area (Å²) in [5.74, 6) is 0.614. The van der Waals surface area contributed by atoms with Gasteiger partial charge in [0.2, 0.25) is 0 Å². The molecular weight excluding hydrogens is 462 g/mol. The molecule has 0 saturated heterocycles. The average molecular weight is 504 g/mol. The van der Waals surface area contributed by atoms with Gasteiger partial charge in [-0.1, -0.05) is 23.8 Å². The van der Waals surface area contributed by atoms with Crippen LogP contribution in [0.25, 0.3) is 11.0 Å². The Morgan fingerprint density at radius 3 is 2.46 bits per heavy atom. The van der Waals surface area contributed by atoms with Crippen molar-refractivity contribution in [2.75, 3.05) is 20.2 Å². The number of aryl methyl sites for hydroxylation is 2. The molecule has 0 unspecified atom stereocenters. The third-order valence-corrected chi connectivity index (χ3v) is 6.97. The van der Waals surface area contributed by atoms with Crippen LogP contribution in [-0.2, 0) is 12.8 Å². The summed E-state index contributed by atoms with van der Waals surface area (Å²) < 4.78 is 11.7. The second-order valence-electron chi connectivity index (χ2n) is 11.2. The number of allylic oxidation sites excluding steroid dienone is 2. The number of ether oxygens (including phenoxy) is 1. The molecule has 3 aromatic rings. The second-order valence-corrected chi connectivity index (χ2v) is 11.2. The third-order valence-electron chi connectivity index (χ3n) is 6.97. The number of fused-ring (bicyclic) bond motifs is 1. The molecule has 1 heterocycles. The maximum absolute atomic E-state index is 13.1. The van der Waals surface area contributed by atoms with E-state index in [0.717, 1.165) is 41.5 Å². The summed E-state index contributed by atoms with van der Waals surface area (Å²) in [6, 6.07) is 11.3. The van der Waals surface area contributed by atoms with E-state index >= 15 is 0 Å². The lowest BCUT2D eigenvalue weighted by atomic mass is 9.97. The van der Waals surface area contributed by atoms with Crippen LogP contribution in [0.5, 0.6) is 5.75 Å². The van der Waals surface area contributed by atoms with Crippen molar-refractivity contribution in [2.45, 2.75) is 73.3 Å².